The number of unbranched alkanes of at least 4 members (excludes halogenated alkanes) is 2. The minimum Gasteiger partial charge on any atom is -0.491 e. The van der Waals surface area contributed by atoms with Gasteiger partial charge in [-0.2, -0.15) is 0 Å². The lowest BCUT2D eigenvalue weighted by atomic mass is 10.2. The van der Waals surface area contributed by atoms with E-state index in [1.54, 1.807) is 0 Å². The van der Waals surface area contributed by atoms with E-state index in [0.717, 1.165) is 41.9 Å². The van der Waals surface area contributed by atoms with Crippen LogP contribution in [0.1, 0.15) is 45.9 Å². The van der Waals surface area contributed by atoms with Crippen molar-refractivity contribution in [2.24, 2.45) is 0 Å². The van der Waals surface area contributed by atoms with Crippen LogP contribution >= 0.6 is 0 Å². The predicted molar refractivity (Wildman–Crippen MR) is 100 cm³/mol. The van der Waals surface area contributed by atoms with E-state index in [9.17, 15) is 0 Å². The minimum atomic E-state index is 0.176. The third-order valence-electron chi connectivity index (χ3n) is 3.42. The molecular weight excluding hydrogens is 300 g/mol. The molecule has 0 aliphatic rings. The van der Waals surface area contributed by atoms with E-state index in [0.29, 0.717) is 0 Å². The highest BCUT2D eigenvalue weighted by Crippen LogP contribution is 2.21. The Morgan fingerprint density at radius 1 is 1.04 bits per heavy atom. The molecule has 0 saturated heterocycles. The Balaban J connectivity index is 1.99. The van der Waals surface area contributed by atoms with Crippen LogP contribution in [0.2, 0.25) is 0 Å². The molecule has 1 aromatic carbocycles. The summed E-state index contributed by atoms with van der Waals surface area (Å²) in [4.78, 5) is 8.89. The molecule has 2 rings (SSSR count). The molecule has 0 radical (unpaired) electrons. The summed E-state index contributed by atoms with van der Waals surface area (Å²) in [6.07, 6.45) is 3.77. The number of ether oxygens (including phenoxy) is 1. The lowest BCUT2D eigenvalue weighted by Crippen LogP contribution is -2.06. The highest BCUT2D eigenvalue weighted by molar-refractivity contribution is 5.60. The number of anilines is 3. The maximum atomic E-state index is 5.66. The standard InChI is InChI=1S/C19H28N4O/c1-5-6-7-12-20-18-13-19(22-15(4)21-18)23-16-8-10-17(11-9-16)24-14(2)3/h8-11,13-14H,5-7,12H2,1-4H3,(H2,20,21,22,23). The first-order chi connectivity index (χ1) is 11.6. The van der Waals surface area contributed by atoms with E-state index in [1.807, 2.05) is 51.1 Å². The van der Waals surface area contributed by atoms with Gasteiger partial charge >= 0.3 is 0 Å². The van der Waals surface area contributed by atoms with Crippen LogP contribution in [0, 0.1) is 6.92 Å². The van der Waals surface area contributed by atoms with Crippen LogP contribution < -0.4 is 15.4 Å². The van der Waals surface area contributed by atoms with Crippen LogP contribution in [0.3, 0.4) is 0 Å². The van der Waals surface area contributed by atoms with Gasteiger partial charge in [0.15, 0.2) is 0 Å². The number of benzene rings is 1. The number of aromatic nitrogens is 2. The molecule has 0 unspecified atom stereocenters. The second-order valence-corrected chi connectivity index (χ2v) is 6.14. The quantitative estimate of drug-likeness (QED) is 0.640. The maximum Gasteiger partial charge on any atom is 0.136 e. The molecule has 0 fully saturated rings. The number of hydrogen-bond acceptors (Lipinski definition) is 5. The lowest BCUT2D eigenvalue weighted by molar-refractivity contribution is 0.242. The highest BCUT2D eigenvalue weighted by Gasteiger charge is 2.03. The van der Waals surface area contributed by atoms with E-state index < -0.39 is 0 Å². The summed E-state index contributed by atoms with van der Waals surface area (Å²) < 4.78 is 5.66. The zero-order valence-corrected chi connectivity index (χ0v) is 15.1. The number of hydrogen-bond donors (Lipinski definition) is 2. The summed E-state index contributed by atoms with van der Waals surface area (Å²) in [7, 11) is 0. The minimum absolute atomic E-state index is 0.176. The van der Waals surface area contributed by atoms with Crippen molar-refractivity contribution in [3.8, 4) is 5.75 Å². The van der Waals surface area contributed by atoms with Gasteiger partial charge in [0.1, 0.15) is 23.2 Å². The molecule has 0 aliphatic carbocycles. The molecule has 130 valence electrons. The second-order valence-electron chi connectivity index (χ2n) is 6.14. The SMILES string of the molecule is CCCCCNc1cc(Nc2ccc(OC(C)C)cc2)nc(C)n1. The van der Waals surface area contributed by atoms with Gasteiger partial charge in [-0.05, 0) is 51.5 Å². The van der Waals surface area contributed by atoms with Crippen LogP contribution in [-0.4, -0.2) is 22.6 Å². The Labute approximate surface area is 144 Å². The van der Waals surface area contributed by atoms with Gasteiger partial charge in [-0.25, -0.2) is 9.97 Å². The Morgan fingerprint density at radius 2 is 1.75 bits per heavy atom. The molecule has 0 spiro atoms. The van der Waals surface area contributed by atoms with Crippen LogP contribution in [0.25, 0.3) is 0 Å². The number of nitrogens with one attached hydrogen (secondary N) is 2. The first-order valence-corrected chi connectivity index (χ1v) is 8.70. The molecule has 1 heterocycles. The van der Waals surface area contributed by atoms with E-state index >= 15 is 0 Å². The summed E-state index contributed by atoms with van der Waals surface area (Å²) in [6.45, 7) is 9.08. The molecule has 24 heavy (non-hydrogen) atoms. The van der Waals surface area contributed by atoms with Gasteiger partial charge in [-0.1, -0.05) is 19.8 Å². The third-order valence-corrected chi connectivity index (χ3v) is 3.42. The van der Waals surface area contributed by atoms with Gasteiger partial charge in [0.05, 0.1) is 6.10 Å². The van der Waals surface area contributed by atoms with E-state index in [-0.39, 0.29) is 6.10 Å². The smallest absolute Gasteiger partial charge is 0.136 e. The Kier molecular flexibility index (Phi) is 6.85. The van der Waals surface area contributed by atoms with Gasteiger partial charge in [0.2, 0.25) is 0 Å². The third kappa shape index (κ3) is 6.07. The zero-order valence-electron chi connectivity index (χ0n) is 15.1. The molecule has 1 aromatic heterocycles. The van der Waals surface area contributed by atoms with Crippen molar-refractivity contribution in [3.63, 3.8) is 0 Å². The number of nitrogens with zero attached hydrogens (tertiary/aromatic N) is 2. The van der Waals surface area contributed by atoms with Crippen molar-refractivity contribution in [3.05, 3.63) is 36.2 Å². The lowest BCUT2D eigenvalue weighted by Gasteiger charge is -2.12. The fraction of sp³-hybridized carbons (Fsp3) is 0.474. The van der Waals surface area contributed by atoms with Crippen LogP contribution in [0.15, 0.2) is 30.3 Å². The van der Waals surface area contributed by atoms with Gasteiger partial charge in [-0.3, -0.25) is 0 Å². The van der Waals surface area contributed by atoms with Gasteiger partial charge in [0.25, 0.3) is 0 Å². The molecule has 0 aliphatic heterocycles. The van der Waals surface area contributed by atoms with Crippen molar-refractivity contribution in [1.29, 1.82) is 0 Å². The molecule has 2 aromatic rings. The molecule has 2 N–H and O–H groups in total. The van der Waals surface area contributed by atoms with Gasteiger partial charge < -0.3 is 15.4 Å². The summed E-state index contributed by atoms with van der Waals surface area (Å²) in [5.41, 5.74) is 0.973. The molecule has 0 saturated carbocycles. The van der Waals surface area contributed by atoms with Gasteiger partial charge in [-0.15, -0.1) is 0 Å². The highest BCUT2D eigenvalue weighted by atomic mass is 16.5. The Hall–Kier alpha value is -2.30. The van der Waals surface area contributed by atoms with E-state index in [2.05, 4.69) is 27.5 Å². The van der Waals surface area contributed by atoms with Crippen molar-refractivity contribution in [1.82, 2.24) is 9.97 Å². The first kappa shape index (κ1) is 18.0. The second kappa shape index (κ2) is 9.11. The summed E-state index contributed by atoms with van der Waals surface area (Å²) in [5.74, 6) is 3.27. The molecule has 5 nitrogen and oxygen atoms in total. The zero-order chi connectivity index (χ0) is 17.4. The summed E-state index contributed by atoms with van der Waals surface area (Å²) >= 11 is 0. The van der Waals surface area contributed by atoms with Crippen molar-refractivity contribution < 1.29 is 4.74 Å². The Morgan fingerprint density at radius 3 is 2.42 bits per heavy atom. The topological polar surface area (TPSA) is 59.1 Å². The fourth-order valence-corrected chi connectivity index (χ4v) is 2.35. The molecule has 0 bridgehead atoms. The fourth-order valence-electron chi connectivity index (χ4n) is 2.35. The average molecular weight is 328 g/mol. The first-order valence-electron chi connectivity index (χ1n) is 8.70. The van der Waals surface area contributed by atoms with E-state index in [4.69, 9.17) is 4.74 Å². The van der Waals surface area contributed by atoms with Crippen molar-refractivity contribution >= 4 is 17.3 Å². The van der Waals surface area contributed by atoms with Crippen LogP contribution in [0.5, 0.6) is 5.75 Å². The monoisotopic (exact) mass is 328 g/mol. The van der Waals surface area contributed by atoms with Crippen LogP contribution in [0.4, 0.5) is 17.3 Å². The molecular formula is C19H28N4O. The number of aryl methyl sites for hydroxylation is 1. The van der Waals surface area contributed by atoms with Crippen molar-refractivity contribution in [2.75, 3.05) is 17.2 Å². The van der Waals surface area contributed by atoms with Crippen LogP contribution in [-0.2, 0) is 0 Å². The Bertz CT molecular complexity index is 626. The molecule has 0 amide bonds. The largest absolute Gasteiger partial charge is 0.491 e. The normalized spacial score (nSPS) is 10.7. The summed E-state index contributed by atoms with van der Waals surface area (Å²) in [5, 5.41) is 6.69. The average Bonchev–Trinajstić information content (AvgIpc) is 2.52. The number of rotatable bonds is 9. The van der Waals surface area contributed by atoms with Crippen molar-refractivity contribution in [2.45, 2.75) is 53.1 Å². The molecule has 5 heteroatoms. The maximum absolute atomic E-state index is 5.66. The molecule has 0 atom stereocenters. The van der Waals surface area contributed by atoms with Gasteiger partial charge in [0, 0.05) is 18.3 Å². The summed E-state index contributed by atoms with van der Waals surface area (Å²) in [6, 6.07) is 9.84. The van der Waals surface area contributed by atoms with E-state index in [1.165, 1.54) is 12.8 Å². The predicted octanol–water partition coefficient (Wildman–Crippen LogP) is 4.92.